The zero-order valence-corrected chi connectivity index (χ0v) is 13.2. The lowest BCUT2D eigenvalue weighted by molar-refractivity contribution is -0.132. The third kappa shape index (κ3) is 4.20. The van der Waals surface area contributed by atoms with E-state index in [2.05, 4.69) is 4.98 Å². The van der Waals surface area contributed by atoms with Crippen LogP contribution in [0, 0.1) is 6.92 Å². The summed E-state index contributed by atoms with van der Waals surface area (Å²) in [5.74, 6) is -0.352. The lowest BCUT2D eigenvalue weighted by Crippen LogP contribution is -2.02. The maximum absolute atomic E-state index is 11.3. The predicted octanol–water partition coefficient (Wildman–Crippen LogP) is 2.43. The van der Waals surface area contributed by atoms with Gasteiger partial charge in [0.2, 0.25) is 0 Å². The molecule has 122 valence electrons. The molecule has 1 heterocycles. The van der Waals surface area contributed by atoms with Crippen LogP contribution in [0.3, 0.4) is 0 Å². The Morgan fingerprint density at radius 3 is 2.78 bits per heavy atom. The first-order valence-electron chi connectivity index (χ1n) is 7.29. The molecule has 0 saturated carbocycles. The van der Waals surface area contributed by atoms with Crippen LogP contribution in [-0.2, 0) is 4.79 Å². The van der Waals surface area contributed by atoms with E-state index in [0.29, 0.717) is 18.6 Å². The zero-order chi connectivity index (χ0) is 16.8. The summed E-state index contributed by atoms with van der Waals surface area (Å²) < 4.78 is 7.26. The van der Waals surface area contributed by atoms with Crippen molar-refractivity contribution in [3.63, 3.8) is 0 Å². The minimum Gasteiger partial charge on any atom is -0.495 e. The first-order chi connectivity index (χ1) is 11.0. The fourth-order valence-electron chi connectivity index (χ4n) is 2.26. The molecule has 0 fully saturated rings. The molecular formula is C17H20N2O4. The van der Waals surface area contributed by atoms with E-state index in [4.69, 9.17) is 9.84 Å². The minimum atomic E-state index is -0.980. The second-order valence-electron chi connectivity index (χ2n) is 5.16. The molecule has 0 amide bonds. The molecule has 1 aromatic carbocycles. The normalized spacial score (nSPS) is 11.5. The van der Waals surface area contributed by atoms with Crippen molar-refractivity contribution >= 4 is 12.0 Å². The molecule has 1 aromatic heterocycles. The van der Waals surface area contributed by atoms with Gasteiger partial charge in [0.1, 0.15) is 5.75 Å². The highest BCUT2D eigenvalue weighted by atomic mass is 16.5. The molecule has 0 radical (unpaired) electrons. The number of rotatable bonds is 7. The van der Waals surface area contributed by atoms with Gasteiger partial charge in [-0.15, -0.1) is 0 Å². The summed E-state index contributed by atoms with van der Waals surface area (Å²) >= 11 is 0. The fraction of sp³-hybridized carbons (Fsp3) is 0.294. The maximum atomic E-state index is 11.3. The van der Waals surface area contributed by atoms with Crippen molar-refractivity contribution in [1.82, 2.24) is 9.55 Å². The number of hydrogen-bond acceptors (Lipinski definition) is 4. The van der Waals surface area contributed by atoms with E-state index >= 15 is 0 Å². The molecule has 0 atom stereocenters. The number of aliphatic carboxylic acids is 1. The van der Waals surface area contributed by atoms with Gasteiger partial charge >= 0.3 is 5.97 Å². The number of aliphatic hydroxyl groups excluding tert-OH is 1. The zero-order valence-electron chi connectivity index (χ0n) is 13.2. The summed E-state index contributed by atoms with van der Waals surface area (Å²) in [7, 11) is 1.57. The van der Waals surface area contributed by atoms with Crippen LogP contribution in [0.5, 0.6) is 5.75 Å². The van der Waals surface area contributed by atoms with Crippen LogP contribution >= 0.6 is 0 Å². The van der Waals surface area contributed by atoms with E-state index < -0.39 is 5.97 Å². The third-order valence-electron chi connectivity index (χ3n) is 3.41. The molecule has 0 aliphatic carbocycles. The van der Waals surface area contributed by atoms with Gasteiger partial charge < -0.3 is 19.5 Å². The summed E-state index contributed by atoms with van der Waals surface area (Å²) in [6.45, 7) is 1.87. The Balaban J connectivity index is 2.36. The van der Waals surface area contributed by atoms with Gasteiger partial charge in [0.05, 0.1) is 24.8 Å². The quantitative estimate of drug-likeness (QED) is 0.766. The van der Waals surface area contributed by atoms with Crippen molar-refractivity contribution in [2.24, 2.45) is 0 Å². The number of imidazole rings is 1. The largest absolute Gasteiger partial charge is 0.495 e. The second-order valence-corrected chi connectivity index (χ2v) is 5.16. The minimum absolute atomic E-state index is 0.0349. The molecule has 0 saturated heterocycles. The number of aliphatic hydroxyl groups is 1. The van der Waals surface area contributed by atoms with E-state index in [0.717, 1.165) is 16.9 Å². The Hall–Kier alpha value is -2.60. The van der Waals surface area contributed by atoms with Gasteiger partial charge in [-0.1, -0.05) is 6.07 Å². The van der Waals surface area contributed by atoms with Crippen LogP contribution < -0.4 is 4.74 Å². The topological polar surface area (TPSA) is 84.6 Å². The van der Waals surface area contributed by atoms with Gasteiger partial charge in [-0.3, -0.25) is 0 Å². The van der Waals surface area contributed by atoms with E-state index in [1.54, 1.807) is 25.6 Å². The summed E-state index contributed by atoms with van der Waals surface area (Å²) in [5, 5.41) is 18.1. The van der Waals surface area contributed by atoms with Crippen LogP contribution in [0.25, 0.3) is 11.8 Å². The molecule has 0 aliphatic rings. The lowest BCUT2D eigenvalue weighted by Gasteiger charge is -2.10. The fourth-order valence-corrected chi connectivity index (χ4v) is 2.26. The maximum Gasteiger partial charge on any atom is 0.331 e. The molecule has 0 spiro atoms. The third-order valence-corrected chi connectivity index (χ3v) is 3.41. The number of aryl methyl sites for hydroxylation is 1. The van der Waals surface area contributed by atoms with Crippen LogP contribution in [0.1, 0.15) is 24.1 Å². The van der Waals surface area contributed by atoms with Gasteiger partial charge in [-0.2, -0.15) is 0 Å². The second kappa shape index (κ2) is 7.60. The van der Waals surface area contributed by atoms with Crippen LogP contribution in [0.2, 0.25) is 0 Å². The number of carbonyl (C=O) groups is 1. The summed E-state index contributed by atoms with van der Waals surface area (Å²) in [6, 6.07) is 5.47. The van der Waals surface area contributed by atoms with E-state index in [-0.39, 0.29) is 12.2 Å². The van der Waals surface area contributed by atoms with Crippen LogP contribution in [0.4, 0.5) is 0 Å². The van der Waals surface area contributed by atoms with Gasteiger partial charge in [-0.05, 0) is 43.5 Å². The highest BCUT2D eigenvalue weighted by Gasteiger charge is 2.10. The van der Waals surface area contributed by atoms with Gasteiger partial charge in [-0.25, -0.2) is 9.78 Å². The SMILES string of the molecule is COc1cc(/C=C(/CCCO)C(=O)O)ccc1-n1cnc(C)c1. The van der Waals surface area contributed by atoms with Gasteiger partial charge in [0.15, 0.2) is 0 Å². The standard InChI is InChI=1S/C17H20N2O4/c1-12-10-19(11-18-12)15-6-5-13(9-16(15)23-2)8-14(17(21)22)4-3-7-20/h5-6,8-11,20H,3-4,7H2,1-2H3,(H,21,22)/b14-8-. The predicted molar refractivity (Wildman–Crippen MR) is 86.8 cm³/mol. The Labute approximate surface area is 134 Å². The molecule has 2 aromatic rings. The smallest absolute Gasteiger partial charge is 0.331 e. The molecule has 2 rings (SSSR count). The molecule has 0 bridgehead atoms. The first-order valence-corrected chi connectivity index (χ1v) is 7.29. The van der Waals surface area contributed by atoms with Crippen molar-refractivity contribution in [2.75, 3.05) is 13.7 Å². The van der Waals surface area contributed by atoms with E-state index in [1.165, 1.54) is 0 Å². The number of benzene rings is 1. The highest BCUT2D eigenvalue weighted by molar-refractivity contribution is 5.92. The monoisotopic (exact) mass is 316 g/mol. The Morgan fingerprint density at radius 2 is 2.22 bits per heavy atom. The molecule has 6 heteroatoms. The number of ether oxygens (including phenoxy) is 1. The van der Waals surface area contributed by atoms with Crippen molar-refractivity contribution < 1.29 is 19.7 Å². The van der Waals surface area contributed by atoms with E-state index in [9.17, 15) is 9.90 Å². The molecule has 23 heavy (non-hydrogen) atoms. The Kier molecular flexibility index (Phi) is 5.54. The van der Waals surface area contributed by atoms with Crippen molar-refractivity contribution in [3.05, 3.63) is 47.6 Å². The van der Waals surface area contributed by atoms with Crippen LogP contribution in [-0.4, -0.2) is 39.5 Å². The van der Waals surface area contributed by atoms with Crippen molar-refractivity contribution in [3.8, 4) is 11.4 Å². The summed E-state index contributed by atoms with van der Waals surface area (Å²) in [6.07, 6.45) is 5.92. The molecular weight excluding hydrogens is 296 g/mol. The van der Waals surface area contributed by atoms with Crippen molar-refractivity contribution in [1.29, 1.82) is 0 Å². The Morgan fingerprint density at radius 1 is 1.43 bits per heavy atom. The number of methoxy groups -OCH3 is 1. The van der Waals surface area contributed by atoms with E-state index in [1.807, 2.05) is 29.8 Å². The molecule has 0 unspecified atom stereocenters. The average Bonchev–Trinajstić information content (AvgIpc) is 2.97. The van der Waals surface area contributed by atoms with Crippen LogP contribution in [0.15, 0.2) is 36.3 Å². The number of carboxylic acid groups (broad SMARTS) is 1. The molecule has 2 N–H and O–H groups in total. The lowest BCUT2D eigenvalue weighted by atomic mass is 10.1. The number of aromatic nitrogens is 2. The average molecular weight is 316 g/mol. The summed E-state index contributed by atoms with van der Waals surface area (Å²) in [4.78, 5) is 15.5. The first kappa shape index (κ1) is 16.8. The Bertz CT molecular complexity index is 719. The highest BCUT2D eigenvalue weighted by Crippen LogP contribution is 2.26. The number of carboxylic acids is 1. The van der Waals surface area contributed by atoms with Gasteiger partial charge in [0.25, 0.3) is 0 Å². The molecule has 0 aliphatic heterocycles. The number of nitrogens with zero attached hydrogens (tertiary/aromatic N) is 2. The number of hydrogen-bond donors (Lipinski definition) is 2. The van der Waals surface area contributed by atoms with Gasteiger partial charge in [0, 0.05) is 18.4 Å². The summed E-state index contributed by atoms with van der Waals surface area (Å²) in [5.41, 5.74) is 2.72. The molecule has 6 nitrogen and oxygen atoms in total. The van der Waals surface area contributed by atoms with Crippen molar-refractivity contribution in [2.45, 2.75) is 19.8 Å².